The average Bonchev–Trinajstić information content (AvgIpc) is 3.33. The molecule has 24 heavy (non-hydrogen) atoms. The maximum Gasteiger partial charge on any atom is 0.123 e. The van der Waals surface area contributed by atoms with Gasteiger partial charge in [0.25, 0.3) is 0 Å². The molecule has 0 amide bonds. The molecular formula is C19H15FN4. The highest BCUT2D eigenvalue weighted by molar-refractivity contribution is 5.77. The van der Waals surface area contributed by atoms with Crippen LogP contribution < -0.4 is 0 Å². The van der Waals surface area contributed by atoms with Crippen molar-refractivity contribution in [2.24, 2.45) is 5.92 Å². The molecule has 5 heteroatoms. The summed E-state index contributed by atoms with van der Waals surface area (Å²) in [6.45, 7) is 0.900. The zero-order valence-corrected chi connectivity index (χ0v) is 13.0. The molecule has 4 nitrogen and oxygen atoms in total. The van der Waals surface area contributed by atoms with Gasteiger partial charge in [0, 0.05) is 18.3 Å². The first-order valence-corrected chi connectivity index (χ1v) is 7.92. The number of benzene rings is 1. The van der Waals surface area contributed by atoms with Gasteiger partial charge < -0.3 is 4.57 Å². The molecule has 1 fully saturated rings. The fourth-order valence-electron chi connectivity index (χ4n) is 2.83. The highest BCUT2D eigenvalue weighted by Crippen LogP contribution is 2.35. The Kier molecular flexibility index (Phi) is 3.58. The summed E-state index contributed by atoms with van der Waals surface area (Å²) in [4.78, 5) is 8.91. The zero-order chi connectivity index (χ0) is 16.5. The molecule has 0 saturated heterocycles. The second-order valence-corrected chi connectivity index (χ2v) is 6.09. The van der Waals surface area contributed by atoms with Crippen molar-refractivity contribution in [2.45, 2.75) is 19.4 Å². The first-order valence-electron chi connectivity index (χ1n) is 7.92. The number of aromatic nitrogens is 3. The van der Waals surface area contributed by atoms with E-state index in [4.69, 9.17) is 5.26 Å². The predicted molar refractivity (Wildman–Crippen MR) is 88.3 cm³/mol. The lowest BCUT2D eigenvalue weighted by molar-refractivity contribution is 0.625. The van der Waals surface area contributed by atoms with Crippen molar-refractivity contribution in [3.63, 3.8) is 0 Å². The van der Waals surface area contributed by atoms with Gasteiger partial charge in [-0.05, 0) is 55.2 Å². The van der Waals surface area contributed by atoms with Gasteiger partial charge in [-0.2, -0.15) is 5.26 Å². The van der Waals surface area contributed by atoms with Gasteiger partial charge in [-0.15, -0.1) is 0 Å². The third-order valence-electron chi connectivity index (χ3n) is 4.24. The molecule has 0 bridgehead atoms. The van der Waals surface area contributed by atoms with Crippen LogP contribution in [0.2, 0.25) is 0 Å². The van der Waals surface area contributed by atoms with Crippen molar-refractivity contribution in [1.29, 1.82) is 5.26 Å². The minimum absolute atomic E-state index is 0.266. The lowest BCUT2D eigenvalue weighted by Crippen LogP contribution is -2.01. The maximum atomic E-state index is 13.3. The van der Waals surface area contributed by atoms with Crippen molar-refractivity contribution in [3.8, 4) is 28.7 Å². The molecule has 1 saturated carbocycles. The Hall–Kier alpha value is -3.00. The van der Waals surface area contributed by atoms with E-state index in [0.717, 1.165) is 23.5 Å². The summed E-state index contributed by atoms with van der Waals surface area (Å²) in [5.41, 5.74) is 3.74. The fraction of sp³-hybridized carbons (Fsp3) is 0.211. The van der Waals surface area contributed by atoms with E-state index in [-0.39, 0.29) is 5.82 Å². The maximum absolute atomic E-state index is 13.3. The minimum Gasteiger partial charge on any atom is -0.330 e. The molecule has 0 atom stereocenters. The highest BCUT2D eigenvalue weighted by atomic mass is 19.1. The molecule has 1 aliphatic carbocycles. The minimum atomic E-state index is -0.266. The standard InChI is InChI=1S/C19H15FN4/c20-16-5-3-15(4-6-16)19-18(17-9-14(10-21)7-8-22-17)23-12-24(19)11-13-1-2-13/h3-9,12-13H,1-2,11H2. The highest BCUT2D eigenvalue weighted by Gasteiger charge is 2.25. The normalized spacial score (nSPS) is 13.7. The lowest BCUT2D eigenvalue weighted by atomic mass is 10.1. The van der Waals surface area contributed by atoms with Gasteiger partial charge in [0.2, 0.25) is 0 Å². The number of halogens is 1. The van der Waals surface area contributed by atoms with Crippen molar-refractivity contribution in [1.82, 2.24) is 14.5 Å². The van der Waals surface area contributed by atoms with Crippen LogP contribution >= 0.6 is 0 Å². The summed E-state index contributed by atoms with van der Waals surface area (Å²) >= 11 is 0. The Morgan fingerprint density at radius 2 is 1.96 bits per heavy atom. The molecule has 0 N–H and O–H groups in total. The molecule has 4 rings (SSSR count). The van der Waals surface area contributed by atoms with E-state index in [1.807, 2.05) is 6.33 Å². The second-order valence-electron chi connectivity index (χ2n) is 6.09. The van der Waals surface area contributed by atoms with Crippen LogP contribution in [-0.4, -0.2) is 14.5 Å². The van der Waals surface area contributed by atoms with Gasteiger partial charge >= 0.3 is 0 Å². The lowest BCUT2D eigenvalue weighted by Gasteiger charge is -2.10. The van der Waals surface area contributed by atoms with E-state index in [2.05, 4.69) is 20.6 Å². The summed E-state index contributed by atoms with van der Waals surface area (Å²) in [5, 5.41) is 9.11. The molecule has 0 unspecified atom stereocenters. The third kappa shape index (κ3) is 2.79. The molecule has 0 spiro atoms. The Morgan fingerprint density at radius 1 is 1.17 bits per heavy atom. The predicted octanol–water partition coefficient (Wildman–Crippen LogP) is 4.03. The van der Waals surface area contributed by atoms with Crippen molar-refractivity contribution in [3.05, 3.63) is 60.3 Å². The number of imidazole rings is 1. The second kappa shape index (κ2) is 5.89. The molecule has 2 heterocycles. The van der Waals surface area contributed by atoms with E-state index in [0.29, 0.717) is 17.2 Å². The van der Waals surface area contributed by atoms with Crippen LogP contribution in [0.4, 0.5) is 4.39 Å². The van der Waals surface area contributed by atoms with Crippen LogP contribution in [-0.2, 0) is 6.54 Å². The molecular weight excluding hydrogens is 303 g/mol. The molecule has 2 aromatic heterocycles. The van der Waals surface area contributed by atoms with Crippen LogP contribution in [0.3, 0.4) is 0 Å². The van der Waals surface area contributed by atoms with E-state index in [1.54, 1.807) is 30.5 Å². The van der Waals surface area contributed by atoms with Gasteiger partial charge in [-0.1, -0.05) is 0 Å². The van der Waals surface area contributed by atoms with Crippen LogP contribution in [0.25, 0.3) is 22.6 Å². The summed E-state index contributed by atoms with van der Waals surface area (Å²) in [5.74, 6) is 0.419. The van der Waals surface area contributed by atoms with E-state index in [9.17, 15) is 4.39 Å². The number of nitriles is 1. The summed E-state index contributed by atoms with van der Waals surface area (Å²) in [6, 6.07) is 11.9. The van der Waals surface area contributed by atoms with E-state index >= 15 is 0 Å². The Balaban J connectivity index is 1.85. The van der Waals surface area contributed by atoms with Gasteiger partial charge in [0.05, 0.1) is 29.3 Å². The Bertz CT molecular complexity index is 917. The Morgan fingerprint density at radius 3 is 2.67 bits per heavy atom. The van der Waals surface area contributed by atoms with Gasteiger partial charge in [-0.25, -0.2) is 9.37 Å². The molecule has 118 valence electrons. The quantitative estimate of drug-likeness (QED) is 0.729. The van der Waals surface area contributed by atoms with Gasteiger partial charge in [0.1, 0.15) is 11.5 Å². The summed E-state index contributed by atoms with van der Waals surface area (Å²) < 4.78 is 15.4. The first kappa shape index (κ1) is 14.6. The molecule has 1 aromatic carbocycles. The molecule has 1 aliphatic rings. The molecule has 0 aliphatic heterocycles. The zero-order valence-electron chi connectivity index (χ0n) is 13.0. The van der Waals surface area contributed by atoms with Crippen LogP contribution in [0.15, 0.2) is 48.9 Å². The number of pyridine rings is 1. The van der Waals surface area contributed by atoms with Crippen LogP contribution in [0.5, 0.6) is 0 Å². The van der Waals surface area contributed by atoms with Crippen LogP contribution in [0.1, 0.15) is 18.4 Å². The SMILES string of the molecule is N#Cc1ccnc(-c2ncn(CC3CC3)c2-c2ccc(F)cc2)c1. The summed E-state index contributed by atoms with van der Waals surface area (Å²) in [6.07, 6.45) is 5.90. The summed E-state index contributed by atoms with van der Waals surface area (Å²) in [7, 11) is 0. The van der Waals surface area contributed by atoms with Crippen molar-refractivity contribution < 1.29 is 4.39 Å². The first-order chi connectivity index (χ1) is 11.7. The smallest absolute Gasteiger partial charge is 0.123 e. The molecule has 3 aromatic rings. The van der Waals surface area contributed by atoms with Crippen LogP contribution in [0, 0.1) is 23.1 Å². The van der Waals surface area contributed by atoms with E-state index < -0.39 is 0 Å². The number of rotatable bonds is 4. The Labute approximate surface area is 139 Å². The largest absolute Gasteiger partial charge is 0.330 e. The van der Waals surface area contributed by atoms with Crippen molar-refractivity contribution in [2.75, 3.05) is 0 Å². The average molecular weight is 318 g/mol. The monoisotopic (exact) mass is 318 g/mol. The number of nitrogens with zero attached hydrogens (tertiary/aromatic N) is 4. The van der Waals surface area contributed by atoms with E-state index in [1.165, 1.54) is 25.0 Å². The van der Waals surface area contributed by atoms with Crippen molar-refractivity contribution >= 4 is 0 Å². The number of hydrogen-bond donors (Lipinski definition) is 0. The van der Waals surface area contributed by atoms with Gasteiger partial charge in [-0.3, -0.25) is 4.98 Å². The number of hydrogen-bond acceptors (Lipinski definition) is 3. The fourth-order valence-corrected chi connectivity index (χ4v) is 2.83. The third-order valence-corrected chi connectivity index (χ3v) is 4.24. The molecule has 0 radical (unpaired) electrons. The van der Waals surface area contributed by atoms with Gasteiger partial charge in [0.15, 0.2) is 0 Å². The topological polar surface area (TPSA) is 54.5 Å².